The van der Waals surface area contributed by atoms with Crippen LogP contribution in [0.2, 0.25) is 0 Å². The summed E-state index contributed by atoms with van der Waals surface area (Å²) in [5.74, 6) is -0.667. The molecule has 0 aromatic heterocycles. The molecule has 0 saturated carbocycles. The average molecular weight is 421 g/mol. The zero-order valence-electron chi connectivity index (χ0n) is 11.1. The second-order valence-corrected chi connectivity index (χ2v) is 4.07. The van der Waals surface area contributed by atoms with E-state index in [-0.39, 0.29) is 82.8 Å². The molecule has 0 atom stereocenters. The predicted octanol–water partition coefficient (Wildman–Crippen LogP) is 2.76. The van der Waals surface area contributed by atoms with Crippen LogP contribution in [0.15, 0.2) is 42.5 Å². The number of fused-ring (bicyclic) bond motifs is 1. The van der Waals surface area contributed by atoms with Crippen molar-refractivity contribution < 1.29 is 80.4 Å². The Morgan fingerprint density at radius 1 is 1.10 bits per heavy atom. The van der Waals surface area contributed by atoms with Crippen molar-refractivity contribution >= 4 is 22.4 Å². The van der Waals surface area contributed by atoms with E-state index in [4.69, 9.17) is 0 Å². The maximum atomic E-state index is 11.6. The first kappa shape index (κ1) is 19.7. The van der Waals surface area contributed by atoms with Crippen LogP contribution in [0.3, 0.4) is 0 Å². The largest absolute Gasteiger partial charge is 0.504 e. The molecule has 0 aliphatic rings. The molecule has 1 amide bonds. The van der Waals surface area contributed by atoms with Crippen LogP contribution in [-0.4, -0.2) is 16.1 Å². The minimum atomic E-state index is -0.282. The fourth-order valence-electron chi connectivity index (χ4n) is 1.67. The number of anilines is 1. The molecule has 0 bridgehead atoms. The molecule has 4 nitrogen and oxygen atoms in total. The monoisotopic (exact) mass is 421 g/mol. The molecule has 2 rings (SSSR count). The number of rotatable bonds is 2. The van der Waals surface area contributed by atoms with Gasteiger partial charge in [0.15, 0.2) is 11.5 Å². The van der Waals surface area contributed by atoms with Crippen LogP contribution >= 0.6 is 0 Å². The molecule has 2 aromatic rings. The van der Waals surface area contributed by atoms with Gasteiger partial charge < -0.3 is 15.5 Å². The number of phenols is 2. The summed E-state index contributed by atoms with van der Waals surface area (Å²) in [7, 11) is 0. The maximum Gasteiger partial charge on any atom is 0.250 e. The van der Waals surface area contributed by atoms with Gasteiger partial charge in [-0.25, -0.2) is 0 Å². The van der Waals surface area contributed by atoms with Crippen LogP contribution in [0.4, 0.5) is 5.69 Å². The summed E-state index contributed by atoms with van der Waals surface area (Å²) in [6.07, 6.45) is 0. The Labute approximate surface area is 167 Å². The van der Waals surface area contributed by atoms with Gasteiger partial charge in [0.05, 0.1) is 0 Å². The molecule has 6 heteroatoms. The third-order valence-electron chi connectivity index (χ3n) is 2.65. The molecule has 0 saturated heterocycles. The number of phenolic OH excluding ortho intramolecular Hbond substituents is 2. The molecule has 0 spiro atoms. The number of carbonyl (C=O) groups excluding carboxylic acids is 1. The van der Waals surface area contributed by atoms with Crippen LogP contribution in [0.25, 0.3) is 10.8 Å². The van der Waals surface area contributed by atoms with Crippen molar-refractivity contribution in [2.24, 2.45) is 0 Å². The van der Waals surface area contributed by atoms with Crippen molar-refractivity contribution in [2.45, 2.75) is 6.92 Å². The van der Waals surface area contributed by atoms with Gasteiger partial charge in [0, 0.05) is 87.5 Å². The van der Waals surface area contributed by atoms with Gasteiger partial charge >= 0.3 is 0 Å². The Balaban J connectivity index is 0.00000180. The Morgan fingerprint density at radius 2 is 1.75 bits per heavy atom. The fraction of sp³-hybridized carbons (Fsp3) is 0.0714. The van der Waals surface area contributed by atoms with Gasteiger partial charge in [0.25, 0.3) is 5.91 Å². The fourth-order valence-corrected chi connectivity index (χ4v) is 1.67. The third kappa shape index (κ3) is 4.11. The standard InChI is InChI=1S/C14H13NO3.2Y/c1-8(2)14(18)15-11-5-3-4-10-9(11)6-7-12(16)13(10)17;;/h3-7,16-17H,1H2,2H3,(H,15,18);;. The summed E-state index contributed by atoms with van der Waals surface area (Å²) >= 11 is 0. The van der Waals surface area contributed by atoms with Crippen molar-refractivity contribution in [3.05, 3.63) is 42.5 Å². The van der Waals surface area contributed by atoms with Gasteiger partial charge in [0.1, 0.15) is 0 Å². The normalized spacial score (nSPS) is 9.25. The first-order valence-corrected chi connectivity index (χ1v) is 5.41. The SMILES string of the molecule is C=C(C)C(=O)Nc1cccc2c(O)c(O)ccc12.[Y].[Y]. The molecule has 0 heterocycles. The molecule has 98 valence electrons. The molecule has 2 radical (unpaired) electrons. The van der Waals surface area contributed by atoms with E-state index in [1.54, 1.807) is 31.2 Å². The Morgan fingerprint density at radius 3 is 2.35 bits per heavy atom. The zero-order valence-corrected chi connectivity index (χ0v) is 16.7. The van der Waals surface area contributed by atoms with Crippen molar-refractivity contribution in [3.63, 3.8) is 0 Å². The van der Waals surface area contributed by atoms with E-state index in [1.165, 1.54) is 6.07 Å². The number of amides is 1. The molecule has 0 fully saturated rings. The topological polar surface area (TPSA) is 69.6 Å². The van der Waals surface area contributed by atoms with E-state index in [2.05, 4.69) is 11.9 Å². The average Bonchev–Trinajstić information content (AvgIpc) is 2.34. The number of aromatic hydroxyl groups is 2. The smallest absolute Gasteiger partial charge is 0.250 e. The molecule has 20 heavy (non-hydrogen) atoms. The van der Waals surface area contributed by atoms with Gasteiger partial charge in [-0.1, -0.05) is 18.7 Å². The number of nitrogens with one attached hydrogen (secondary N) is 1. The van der Waals surface area contributed by atoms with E-state index in [9.17, 15) is 15.0 Å². The quantitative estimate of drug-likeness (QED) is 0.516. The Bertz CT molecular complexity index is 656. The summed E-state index contributed by atoms with van der Waals surface area (Å²) in [6.45, 7) is 5.18. The number of benzene rings is 2. The van der Waals surface area contributed by atoms with Crippen LogP contribution in [0.5, 0.6) is 11.5 Å². The summed E-state index contributed by atoms with van der Waals surface area (Å²) in [5, 5.41) is 23.0. The second kappa shape index (κ2) is 8.23. The molecule has 3 N–H and O–H groups in total. The number of carbonyl (C=O) groups is 1. The van der Waals surface area contributed by atoms with Gasteiger partial charge in [-0.3, -0.25) is 4.79 Å². The molecule has 0 aliphatic heterocycles. The Hall–Kier alpha value is -0.282. The van der Waals surface area contributed by atoms with Gasteiger partial charge in [0.2, 0.25) is 0 Å². The van der Waals surface area contributed by atoms with Crippen LogP contribution < -0.4 is 5.32 Å². The molecular formula is C14H13NO3Y2. The van der Waals surface area contributed by atoms with E-state index >= 15 is 0 Å². The molecule has 2 aromatic carbocycles. The van der Waals surface area contributed by atoms with E-state index < -0.39 is 0 Å². The first-order valence-electron chi connectivity index (χ1n) is 5.41. The predicted molar refractivity (Wildman–Crippen MR) is 70.7 cm³/mol. The molecule has 0 unspecified atom stereocenters. The van der Waals surface area contributed by atoms with Gasteiger partial charge in [-0.05, 0) is 25.1 Å². The summed E-state index contributed by atoms with van der Waals surface area (Å²) in [6, 6.07) is 8.10. The van der Waals surface area contributed by atoms with Crippen LogP contribution in [0.1, 0.15) is 6.92 Å². The number of hydrogen-bond donors (Lipinski definition) is 3. The zero-order chi connectivity index (χ0) is 13.3. The van der Waals surface area contributed by atoms with E-state index in [1.807, 2.05) is 0 Å². The van der Waals surface area contributed by atoms with E-state index in [0.717, 1.165) is 0 Å². The van der Waals surface area contributed by atoms with Gasteiger partial charge in [-0.15, -0.1) is 0 Å². The third-order valence-corrected chi connectivity index (χ3v) is 2.65. The van der Waals surface area contributed by atoms with Crippen molar-refractivity contribution in [3.8, 4) is 11.5 Å². The summed E-state index contributed by atoms with van der Waals surface area (Å²) in [5.41, 5.74) is 0.964. The number of hydrogen-bond acceptors (Lipinski definition) is 3. The molecular weight excluding hydrogens is 408 g/mol. The summed E-state index contributed by atoms with van der Waals surface area (Å²) in [4.78, 5) is 11.6. The van der Waals surface area contributed by atoms with E-state index in [0.29, 0.717) is 22.0 Å². The summed E-state index contributed by atoms with van der Waals surface area (Å²) < 4.78 is 0. The van der Waals surface area contributed by atoms with Gasteiger partial charge in [-0.2, -0.15) is 0 Å². The minimum Gasteiger partial charge on any atom is -0.504 e. The second-order valence-electron chi connectivity index (χ2n) is 4.07. The Kier molecular flexibility index (Phi) is 8.12. The van der Waals surface area contributed by atoms with Crippen molar-refractivity contribution in [1.82, 2.24) is 0 Å². The van der Waals surface area contributed by atoms with Crippen molar-refractivity contribution in [1.29, 1.82) is 0 Å². The molecule has 0 aliphatic carbocycles. The van der Waals surface area contributed by atoms with Crippen LogP contribution in [0, 0.1) is 0 Å². The first-order chi connectivity index (χ1) is 8.50. The maximum absolute atomic E-state index is 11.6. The van der Waals surface area contributed by atoms with Crippen LogP contribution in [-0.2, 0) is 70.2 Å². The van der Waals surface area contributed by atoms with Crippen molar-refractivity contribution in [2.75, 3.05) is 5.32 Å². The minimum absolute atomic E-state index is 0.